The van der Waals surface area contributed by atoms with Gasteiger partial charge in [0.25, 0.3) is 0 Å². The van der Waals surface area contributed by atoms with Gasteiger partial charge in [-0.3, -0.25) is 9.59 Å². The van der Waals surface area contributed by atoms with E-state index >= 15 is 0 Å². The molecule has 8 unspecified atom stereocenters. The van der Waals surface area contributed by atoms with Gasteiger partial charge < -0.3 is 45.1 Å². The van der Waals surface area contributed by atoms with E-state index < -0.39 is 67.4 Å². The Morgan fingerprint density at radius 3 is 1.55 bits per heavy atom. The first-order chi connectivity index (χ1) is 37.2. The molecule has 432 valence electrons. The summed E-state index contributed by atoms with van der Waals surface area (Å²) in [5, 5.41) is 56.8. The average molecular weight is 1060 g/mol. The summed E-state index contributed by atoms with van der Waals surface area (Å²) in [4.78, 5) is 26.4. The molecule has 6 N–H and O–H groups in total. The number of amides is 1. The molecule has 8 atom stereocenters. The van der Waals surface area contributed by atoms with Crippen molar-refractivity contribution in [3.8, 4) is 0 Å². The van der Waals surface area contributed by atoms with Crippen LogP contribution < -0.4 is 5.32 Å². The highest BCUT2D eigenvalue weighted by molar-refractivity contribution is 5.80. The summed E-state index contributed by atoms with van der Waals surface area (Å²) < 4.78 is 17.5. The van der Waals surface area contributed by atoms with Gasteiger partial charge in [-0.1, -0.05) is 245 Å². The minimum Gasteiger partial charge on any atom is -0.454 e. The van der Waals surface area contributed by atoms with Crippen LogP contribution in [-0.4, -0.2) is 99.6 Å². The number of aliphatic hydroxyl groups is 5. The Morgan fingerprint density at radius 2 is 1.00 bits per heavy atom. The molecule has 1 aliphatic rings. The van der Waals surface area contributed by atoms with Crippen LogP contribution in [0.5, 0.6) is 0 Å². The first-order valence-electron chi connectivity index (χ1n) is 29.9. The van der Waals surface area contributed by atoms with Gasteiger partial charge in [-0.05, 0) is 83.5 Å². The molecular formula is C65H107NO10. The maximum absolute atomic E-state index is 13.4. The summed E-state index contributed by atoms with van der Waals surface area (Å²) in [5.74, 6) is -1.29. The lowest BCUT2D eigenvalue weighted by atomic mass is 9.99. The number of allylic oxidation sites excluding steroid dienone is 19. The summed E-state index contributed by atoms with van der Waals surface area (Å²) in [5.41, 5.74) is 0. The van der Waals surface area contributed by atoms with Crippen molar-refractivity contribution in [3.63, 3.8) is 0 Å². The van der Waals surface area contributed by atoms with Crippen molar-refractivity contribution >= 4 is 11.9 Å². The Hall–Kier alpha value is -3.94. The number of nitrogens with one attached hydrogen (secondary N) is 1. The second-order valence-electron chi connectivity index (χ2n) is 20.1. The van der Waals surface area contributed by atoms with Gasteiger partial charge in [-0.15, -0.1) is 0 Å². The molecule has 1 amide bonds. The van der Waals surface area contributed by atoms with Crippen LogP contribution in [0.2, 0.25) is 0 Å². The quantitative estimate of drug-likeness (QED) is 0.0149. The van der Waals surface area contributed by atoms with Crippen molar-refractivity contribution in [1.82, 2.24) is 5.32 Å². The van der Waals surface area contributed by atoms with Crippen LogP contribution in [0.4, 0.5) is 0 Å². The molecule has 11 nitrogen and oxygen atoms in total. The van der Waals surface area contributed by atoms with Crippen LogP contribution in [0.15, 0.2) is 122 Å². The van der Waals surface area contributed by atoms with Gasteiger partial charge in [0.05, 0.1) is 25.4 Å². The van der Waals surface area contributed by atoms with Crippen LogP contribution >= 0.6 is 0 Å². The van der Waals surface area contributed by atoms with E-state index in [1.54, 1.807) is 6.08 Å². The molecule has 1 heterocycles. The molecule has 1 saturated heterocycles. The number of esters is 1. The number of carbonyl (C=O) groups excluding carboxylic acids is 2. The minimum atomic E-state index is -1.65. The predicted octanol–water partition coefficient (Wildman–Crippen LogP) is 13.9. The Bertz CT molecular complexity index is 1690. The molecule has 0 aliphatic carbocycles. The third kappa shape index (κ3) is 39.4. The van der Waals surface area contributed by atoms with Gasteiger partial charge in [-0.2, -0.15) is 0 Å². The smallest absolute Gasteiger partial charge is 0.306 e. The first-order valence-corrected chi connectivity index (χ1v) is 29.9. The monoisotopic (exact) mass is 1060 g/mol. The van der Waals surface area contributed by atoms with Crippen molar-refractivity contribution in [1.29, 1.82) is 0 Å². The lowest BCUT2D eigenvalue weighted by Crippen LogP contribution is -2.61. The highest BCUT2D eigenvalue weighted by atomic mass is 16.7. The van der Waals surface area contributed by atoms with Gasteiger partial charge in [0.1, 0.15) is 24.4 Å². The largest absolute Gasteiger partial charge is 0.454 e. The van der Waals surface area contributed by atoms with Crippen molar-refractivity contribution in [2.45, 2.75) is 262 Å². The molecule has 1 fully saturated rings. The van der Waals surface area contributed by atoms with Crippen LogP contribution in [0.25, 0.3) is 0 Å². The molecular weight excluding hydrogens is 955 g/mol. The first kappa shape index (κ1) is 70.1. The number of hydrogen-bond donors (Lipinski definition) is 6. The fraction of sp³-hybridized carbons (Fsp3) is 0.662. The summed E-state index contributed by atoms with van der Waals surface area (Å²) in [6.45, 7) is 5.54. The Balaban J connectivity index is 2.73. The van der Waals surface area contributed by atoms with Crippen molar-refractivity contribution in [2.75, 3.05) is 13.2 Å². The second-order valence-corrected chi connectivity index (χ2v) is 20.1. The fourth-order valence-corrected chi connectivity index (χ4v) is 8.49. The third-order valence-corrected chi connectivity index (χ3v) is 13.2. The van der Waals surface area contributed by atoms with Gasteiger partial charge in [0.2, 0.25) is 5.91 Å². The summed E-state index contributed by atoms with van der Waals surface area (Å²) in [6, 6.07) is -1.05. The number of hydrogen-bond acceptors (Lipinski definition) is 10. The van der Waals surface area contributed by atoms with E-state index in [1.165, 1.54) is 70.6 Å². The summed E-state index contributed by atoms with van der Waals surface area (Å²) in [7, 11) is 0. The van der Waals surface area contributed by atoms with Gasteiger partial charge in [0.15, 0.2) is 12.4 Å². The minimum absolute atomic E-state index is 0.0192. The Kier molecular flexibility index (Phi) is 47.8. The number of aliphatic hydroxyl groups excluding tert-OH is 5. The van der Waals surface area contributed by atoms with Crippen LogP contribution in [0, 0.1) is 0 Å². The van der Waals surface area contributed by atoms with Gasteiger partial charge >= 0.3 is 5.97 Å². The fourth-order valence-electron chi connectivity index (χ4n) is 8.49. The number of ether oxygens (including phenoxy) is 3. The van der Waals surface area contributed by atoms with E-state index in [2.05, 4.69) is 80.8 Å². The predicted molar refractivity (Wildman–Crippen MR) is 314 cm³/mol. The van der Waals surface area contributed by atoms with E-state index in [0.29, 0.717) is 19.3 Å². The molecule has 1 rings (SSSR count). The maximum Gasteiger partial charge on any atom is 0.306 e. The highest BCUT2D eigenvalue weighted by Crippen LogP contribution is 2.26. The van der Waals surface area contributed by atoms with Crippen LogP contribution in [0.1, 0.15) is 213 Å². The van der Waals surface area contributed by atoms with Crippen molar-refractivity contribution < 1.29 is 49.3 Å². The van der Waals surface area contributed by atoms with Crippen molar-refractivity contribution in [3.05, 3.63) is 122 Å². The lowest BCUT2D eigenvalue weighted by Gasteiger charge is -2.41. The highest BCUT2D eigenvalue weighted by Gasteiger charge is 2.47. The normalized spacial score (nSPS) is 20.0. The molecule has 0 spiro atoms. The number of unbranched alkanes of at least 4 members (excludes halogenated alkanes) is 20. The molecule has 0 aromatic heterocycles. The van der Waals surface area contributed by atoms with Crippen LogP contribution in [0.3, 0.4) is 0 Å². The molecule has 0 aromatic rings. The maximum atomic E-state index is 13.4. The molecule has 76 heavy (non-hydrogen) atoms. The van der Waals surface area contributed by atoms with E-state index in [0.717, 1.165) is 89.9 Å². The zero-order valence-corrected chi connectivity index (χ0v) is 47.6. The molecule has 1 aliphatic heterocycles. The standard InChI is InChI=1S/C65H107NO10/c1-4-7-10-13-16-19-22-25-26-27-28-29-30-31-32-33-35-37-40-43-46-49-52-58(69)64(73)66-56(57(68)51-48-45-42-39-36-24-21-18-15-12-9-6-3)55-74-65-63(62(72)61(71)59(54-67)75-65)76-60(70)53-50-47-44-41-38-34-23-20-17-14-11-8-5-2/h8,11,14,16-17,19-20,23,25-26,28-29,31-32,34,38,41,44,48,51,56-59,61-63,65,67-69,71-72H,4-7,9-10,12-13,15,18,21-22,24,27,30,33,35-37,39-40,42-43,45-47,49-50,52-55H2,1-3H3,(H,66,73)/b11-8+,17-14+,19-16-,23-20-,26-25-,29-28-,32-31-,38-34-,44-41+,51-48+. The number of rotatable bonds is 48. The molecule has 0 aromatic carbocycles. The summed E-state index contributed by atoms with van der Waals surface area (Å²) >= 11 is 0. The van der Waals surface area contributed by atoms with E-state index in [1.807, 2.05) is 60.8 Å². The molecule has 0 radical (unpaired) electrons. The zero-order valence-electron chi connectivity index (χ0n) is 47.6. The van der Waals surface area contributed by atoms with Gasteiger partial charge in [-0.25, -0.2) is 0 Å². The zero-order chi connectivity index (χ0) is 55.4. The Morgan fingerprint density at radius 1 is 0.539 bits per heavy atom. The van der Waals surface area contributed by atoms with Gasteiger partial charge in [0, 0.05) is 6.42 Å². The Labute approximate surface area is 461 Å². The molecule has 0 saturated carbocycles. The van der Waals surface area contributed by atoms with Crippen LogP contribution in [-0.2, 0) is 23.8 Å². The average Bonchev–Trinajstić information content (AvgIpc) is 3.42. The summed E-state index contributed by atoms with van der Waals surface area (Å²) in [6.07, 6.45) is 61.1. The molecule has 0 bridgehead atoms. The van der Waals surface area contributed by atoms with Crippen molar-refractivity contribution in [2.24, 2.45) is 0 Å². The van der Waals surface area contributed by atoms with E-state index in [-0.39, 0.29) is 19.4 Å². The second kappa shape index (κ2) is 51.8. The number of carbonyl (C=O) groups is 2. The SMILES string of the molecule is CC/C=C/C=C/C=C\C=C/C=C/CCCC(=O)OC1C(OCC(NC(=O)C(O)CCCCCCCC/C=C\C/C=C\C/C=C\C/C=C\CCCCC)C(O)/C=C/CCCCCCCCCCCC)OC(CO)C(O)C1O. The molecule has 11 heteroatoms. The van der Waals surface area contributed by atoms with E-state index in [4.69, 9.17) is 14.2 Å². The van der Waals surface area contributed by atoms with E-state index in [9.17, 15) is 35.1 Å². The topological polar surface area (TPSA) is 175 Å². The third-order valence-electron chi connectivity index (χ3n) is 13.2. The lowest BCUT2D eigenvalue weighted by molar-refractivity contribution is -0.305.